The molecule has 0 saturated carbocycles. The number of carbonyl (C=O) groups is 2. The lowest BCUT2D eigenvalue weighted by molar-refractivity contribution is 0.0733. The van der Waals surface area contributed by atoms with Crippen molar-refractivity contribution >= 4 is 27.7 Å². The molecule has 0 aromatic heterocycles. The molecule has 0 spiro atoms. The predicted octanol–water partition coefficient (Wildman–Crippen LogP) is 3.48. The Morgan fingerprint density at radius 1 is 0.947 bits per heavy atom. The SMILES string of the molecule is O=C(CBr)c1cccc(OC(=O)c2ccccc2)c1. The standard InChI is InChI=1S/C15H11BrO3/c16-10-14(17)12-7-4-8-13(9-12)19-15(18)11-5-2-1-3-6-11/h1-9H,10H2. The molecule has 0 atom stereocenters. The molecule has 0 fully saturated rings. The van der Waals surface area contributed by atoms with Gasteiger partial charge in [0.2, 0.25) is 0 Å². The molecular formula is C15H11BrO3. The van der Waals surface area contributed by atoms with Crippen LogP contribution in [0.3, 0.4) is 0 Å². The van der Waals surface area contributed by atoms with Crippen LogP contribution in [0.2, 0.25) is 0 Å². The van der Waals surface area contributed by atoms with Crippen LogP contribution in [0.15, 0.2) is 54.6 Å². The van der Waals surface area contributed by atoms with Crippen LogP contribution >= 0.6 is 15.9 Å². The van der Waals surface area contributed by atoms with E-state index >= 15 is 0 Å². The number of carbonyl (C=O) groups excluding carboxylic acids is 2. The van der Waals surface area contributed by atoms with Crippen molar-refractivity contribution in [3.8, 4) is 5.75 Å². The molecule has 0 radical (unpaired) electrons. The summed E-state index contributed by atoms with van der Waals surface area (Å²) in [5.74, 6) is -0.137. The number of halogens is 1. The molecule has 0 aliphatic heterocycles. The minimum atomic E-state index is -0.441. The zero-order valence-corrected chi connectivity index (χ0v) is 11.6. The van der Waals surface area contributed by atoms with E-state index in [1.54, 1.807) is 48.5 Å². The molecule has 19 heavy (non-hydrogen) atoms. The first-order valence-electron chi connectivity index (χ1n) is 5.67. The number of esters is 1. The number of hydrogen-bond acceptors (Lipinski definition) is 3. The molecule has 0 N–H and O–H groups in total. The Morgan fingerprint density at radius 2 is 1.63 bits per heavy atom. The first kappa shape index (κ1) is 13.5. The average molecular weight is 319 g/mol. The monoisotopic (exact) mass is 318 g/mol. The van der Waals surface area contributed by atoms with E-state index < -0.39 is 5.97 Å². The third kappa shape index (κ3) is 3.51. The van der Waals surface area contributed by atoms with Crippen LogP contribution in [-0.2, 0) is 0 Å². The van der Waals surface area contributed by atoms with Crippen LogP contribution in [0.1, 0.15) is 20.7 Å². The molecular weight excluding hydrogens is 308 g/mol. The van der Waals surface area contributed by atoms with Gasteiger partial charge in [-0.2, -0.15) is 0 Å². The summed E-state index contributed by atoms with van der Waals surface area (Å²) in [6.45, 7) is 0. The lowest BCUT2D eigenvalue weighted by Gasteiger charge is -2.05. The van der Waals surface area contributed by atoms with Gasteiger partial charge in [-0.25, -0.2) is 4.79 Å². The Balaban J connectivity index is 2.16. The normalized spacial score (nSPS) is 9.95. The lowest BCUT2D eigenvalue weighted by atomic mass is 10.1. The summed E-state index contributed by atoms with van der Waals surface area (Å²) in [5.41, 5.74) is 0.981. The summed E-state index contributed by atoms with van der Waals surface area (Å²) in [6.07, 6.45) is 0. The molecule has 2 aromatic carbocycles. The Kier molecular flexibility index (Phi) is 4.47. The van der Waals surface area contributed by atoms with Gasteiger partial charge in [-0.15, -0.1) is 0 Å². The van der Waals surface area contributed by atoms with E-state index in [2.05, 4.69) is 15.9 Å². The Hall–Kier alpha value is -1.94. The highest BCUT2D eigenvalue weighted by Crippen LogP contribution is 2.16. The summed E-state index contributed by atoms with van der Waals surface area (Å²) in [4.78, 5) is 23.4. The van der Waals surface area contributed by atoms with Crippen molar-refractivity contribution in [3.05, 3.63) is 65.7 Å². The van der Waals surface area contributed by atoms with Gasteiger partial charge in [-0.05, 0) is 24.3 Å². The maximum atomic E-state index is 11.8. The zero-order valence-electron chi connectivity index (χ0n) is 10.0. The Labute approximate surface area is 119 Å². The summed E-state index contributed by atoms with van der Waals surface area (Å²) in [7, 11) is 0. The van der Waals surface area contributed by atoms with E-state index in [1.807, 2.05) is 6.07 Å². The average Bonchev–Trinajstić information content (AvgIpc) is 2.47. The second-order valence-electron chi connectivity index (χ2n) is 3.84. The molecule has 4 heteroatoms. The molecule has 2 rings (SSSR count). The lowest BCUT2D eigenvalue weighted by Crippen LogP contribution is -2.09. The van der Waals surface area contributed by atoms with Crippen molar-refractivity contribution in [3.63, 3.8) is 0 Å². The summed E-state index contributed by atoms with van der Waals surface area (Å²) in [5, 5.41) is 0.239. The van der Waals surface area contributed by atoms with E-state index in [1.165, 1.54) is 0 Å². The van der Waals surface area contributed by atoms with E-state index in [0.29, 0.717) is 16.9 Å². The maximum absolute atomic E-state index is 11.8. The molecule has 96 valence electrons. The third-order valence-electron chi connectivity index (χ3n) is 2.50. The van der Waals surface area contributed by atoms with Crippen molar-refractivity contribution in [2.45, 2.75) is 0 Å². The highest BCUT2D eigenvalue weighted by Gasteiger charge is 2.10. The van der Waals surface area contributed by atoms with Gasteiger partial charge in [0.1, 0.15) is 5.75 Å². The third-order valence-corrected chi connectivity index (χ3v) is 3.01. The van der Waals surface area contributed by atoms with Crippen LogP contribution in [0, 0.1) is 0 Å². The maximum Gasteiger partial charge on any atom is 0.343 e. The number of benzene rings is 2. The second kappa shape index (κ2) is 6.29. The van der Waals surface area contributed by atoms with Gasteiger partial charge in [-0.3, -0.25) is 4.79 Å². The minimum absolute atomic E-state index is 0.0578. The molecule has 0 bridgehead atoms. The molecule has 0 amide bonds. The van der Waals surface area contributed by atoms with Crippen LogP contribution in [-0.4, -0.2) is 17.1 Å². The first-order chi connectivity index (χ1) is 9.20. The molecule has 3 nitrogen and oxygen atoms in total. The van der Waals surface area contributed by atoms with Crippen molar-refractivity contribution < 1.29 is 14.3 Å². The van der Waals surface area contributed by atoms with E-state index in [9.17, 15) is 9.59 Å². The van der Waals surface area contributed by atoms with Gasteiger partial charge in [0, 0.05) is 5.56 Å². The van der Waals surface area contributed by atoms with Gasteiger partial charge < -0.3 is 4.74 Å². The highest BCUT2D eigenvalue weighted by molar-refractivity contribution is 9.09. The number of rotatable bonds is 4. The Bertz CT molecular complexity index is 593. The molecule has 2 aromatic rings. The van der Waals surface area contributed by atoms with Crippen LogP contribution in [0.4, 0.5) is 0 Å². The van der Waals surface area contributed by atoms with Gasteiger partial charge in [-0.1, -0.05) is 46.3 Å². The largest absolute Gasteiger partial charge is 0.423 e. The van der Waals surface area contributed by atoms with E-state index in [0.717, 1.165) is 0 Å². The summed E-state index contributed by atoms with van der Waals surface area (Å²) in [6, 6.07) is 15.3. The van der Waals surface area contributed by atoms with Crippen LogP contribution in [0.25, 0.3) is 0 Å². The van der Waals surface area contributed by atoms with Crippen molar-refractivity contribution in [1.82, 2.24) is 0 Å². The minimum Gasteiger partial charge on any atom is -0.423 e. The fraction of sp³-hybridized carbons (Fsp3) is 0.0667. The number of alkyl halides is 1. The first-order valence-corrected chi connectivity index (χ1v) is 6.79. The van der Waals surface area contributed by atoms with Gasteiger partial charge >= 0.3 is 5.97 Å². The number of hydrogen-bond donors (Lipinski definition) is 0. The number of Topliss-reactive ketones (excluding diaryl/α,β-unsaturated/α-hetero) is 1. The van der Waals surface area contributed by atoms with Gasteiger partial charge in [0.05, 0.1) is 10.9 Å². The second-order valence-corrected chi connectivity index (χ2v) is 4.40. The molecule has 0 saturated heterocycles. The van der Waals surface area contributed by atoms with E-state index in [-0.39, 0.29) is 11.1 Å². The van der Waals surface area contributed by atoms with Crippen molar-refractivity contribution in [2.24, 2.45) is 0 Å². The number of ether oxygens (including phenoxy) is 1. The van der Waals surface area contributed by atoms with Crippen LogP contribution < -0.4 is 4.74 Å². The fourth-order valence-corrected chi connectivity index (χ4v) is 1.87. The number of ketones is 1. The smallest absolute Gasteiger partial charge is 0.343 e. The van der Waals surface area contributed by atoms with Crippen molar-refractivity contribution in [2.75, 3.05) is 5.33 Å². The Morgan fingerprint density at radius 3 is 2.32 bits per heavy atom. The zero-order chi connectivity index (χ0) is 13.7. The quantitative estimate of drug-likeness (QED) is 0.375. The molecule has 0 heterocycles. The molecule has 0 aliphatic carbocycles. The van der Waals surface area contributed by atoms with Gasteiger partial charge in [0.25, 0.3) is 0 Å². The van der Waals surface area contributed by atoms with Gasteiger partial charge in [0.15, 0.2) is 5.78 Å². The van der Waals surface area contributed by atoms with Crippen LogP contribution in [0.5, 0.6) is 5.75 Å². The van der Waals surface area contributed by atoms with E-state index in [4.69, 9.17) is 4.74 Å². The predicted molar refractivity (Wildman–Crippen MR) is 76.0 cm³/mol. The van der Waals surface area contributed by atoms with Crippen molar-refractivity contribution in [1.29, 1.82) is 0 Å². The molecule has 0 aliphatic rings. The fourth-order valence-electron chi connectivity index (χ4n) is 1.55. The topological polar surface area (TPSA) is 43.4 Å². The summed E-state index contributed by atoms with van der Waals surface area (Å²) < 4.78 is 5.23. The molecule has 0 unspecified atom stereocenters. The summed E-state index contributed by atoms with van der Waals surface area (Å²) >= 11 is 3.11. The highest BCUT2D eigenvalue weighted by atomic mass is 79.9.